The third kappa shape index (κ3) is 3.83. The summed E-state index contributed by atoms with van der Waals surface area (Å²) in [7, 11) is 0. The fourth-order valence-electron chi connectivity index (χ4n) is 5.78. The molecule has 7 heteroatoms. The van der Waals surface area contributed by atoms with Gasteiger partial charge in [-0.15, -0.1) is 0 Å². The molecule has 0 saturated carbocycles. The first-order valence-corrected chi connectivity index (χ1v) is 12.3. The molecule has 3 amide bonds. The molecule has 37 heavy (non-hydrogen) atoms. The number of fused-ring (bicyclic) bond motifs is 3. The highest BCUT2D eigenvalue weighted by Crippen LogP contribution is 2.48. The number of nitrogens with zero attached hydrogens (tertiary/aromatic N) is 2. The molecule has 0 N–H and O–H groups in total. The van der Waals surface area contributed by atoms with Crippen LogP contribution >= 0.6 is 0 Å². The standard InChI is InChI=1S/C30H24N2O5/c33-25-18-24(19-10-4-1-5-11-19)32(30(36)37-21-14-8-3-9-15-21)27-22(25)16-17-23-26(27)29(35)31(28(23)34)20-12-6-2-7-13-20/h1-16,23-24,26-27H,17-18H2/t23-,24+,26-,27+/m1/s1. The van der Waals surface area contributed by atoms with Crippen LogP contribution in [0.4, 0.5) is 10.5 Å². The monoisotopic (exact) mass is 492 g/mol. The van der Waals surface area contributed by atoms with E-state index in [1.807, 2.05) is 42.5 Å². The molecule has 0 spiro atoms. The molecule has 2 saturated heterocycles. The number of anilines is 1. The summed E-state index contributed by atoms with van der Waals surface area (Å²) in [6.07, 6.45) is 1.41. The second kappa shape index (κ2) is 9.17. The molecule has 2 fully saturated rings. The van der Waals surface area contributed by atoms with Crippen LogP contribution in [0.25, 0.3) is 0 Å². The summed E-state index contributed by atoms with van der Waals surface area (Å²) in [4.78, 5) is 57.3. The van der Waals surface area contributed by atoms with Crippen molar-refractivity contribution >= 4 is 29.4 Å². The Morgan fingerprint density at radius 2 is 1.41 bits per heavy atom. The van der Waals surface area contributed by atoms with Gasteiger partial charge in [0.15, 0.2) is 5.78 Å². The topological polar surface area (TPSA) is 84.0 Å². The van der Waals surface area contributed by atoms with Crippen LogP contribution < -0.4 is 9.64 Å². The van der Waals surface area contributed by atoms with Crippen molar-refractivity contribution in [3.63, 3.8) is 0 Å². The van der Waals surface area contributed by atoms with E-state index in [1.54, 1.807) is 54.6 Å². The van der Waals surface area contributed by atoms with Gasteiger partial charge < -0.3 is 4.74 Å². The van der Waals surface area contributed by atoms with Gasteiger partial charge in [0.2, 0.25) is 11.8 Å². The van der Waals surface area contributed by atoms with E-state index in [0.717, 1.165) is 5.56 Å². The first kappa shape index (κ1) is 22.9. The fourth-order valence-corrected chi connectivity index (χ4v) is 5.78. The molecule has 2 heterocycles. The van der Waals surface area contributed by atoms with Gasteiger partial charge in [0.1, 0.15) is 5.75 Å². The number of carbonyl (C=O) groups is 4. The predicted octanol–water partition coefficient (Wildman–Crippen LogP) is 4.71. The quantitative estimate of drug-likeness (QED) is 0.495. The number of piperidine rings is 1. The highest BCUT2D eigenvalue weighted by atomic mass is 16.6. The van der Waals surface area contributed by atoms with E-state index >= 15 is 0 Å². The molecule has 184 valence electrons. The van der Waals surface area contributed by atoms with Gasteiger partial charge in [-0.1, -0.05) is 72.8 Å². The van der Waals surface area contributed by atoms with E-state index in [2.05, 4.69) is 0 Å². The maximum absolute atomic E-state index is 13.9. The van der Waals surface area contributed by atoms with E-state index in [9.17, 15) is 19.2 Å². The Labute approximate surface area is 213 Å². The maximum Gasteiger partial charge on any atom is 0.416 e. The lowest BCUT2D eigenvalue weighted by Crippen LogP contribution is -2.57. The van der Waals surface area contributed by atoms with E-state index in [0.29, 0.717) is 17.0 Å². The summed E-state index contributed by atoms with van der Waals surface area (Å²) < 4.78 is 5.75. The van der Waals surface area contributed by atoms with Gasteiger partial charge in [-0.25, -0.2) is 9.69 Å². The van der Waals surface area contributed by atoms with Gasteiger partial charge in [0.05, 0.1) is 29.6 Å². The first-order chi connectivity index (χ1) is 18.0. The third-order valence-electron chi connectivity index (χ3n) is 7.42. The summed E-state index contributed by atoms with van der Waals surface area (Å²) in [6.45, 7) is 0. The molecule has 1 aliphatic carbocycles. The normalized spacial score (nSPS) is 24.9. The Morgan fingerprint density at radius 3 is 2.08 bits per heavy atom. The van der Waals surface area contributed by atoms with E-state index in [1.165, 1.54) is 9.80 Å². The van der Waals surface area contributed by atoms with Gasteiger partial charge in [0.25, 0.3) is 0 Å². The van der Waals surface area contributed by atoms with E-state index in [4.69, 9.17) is 4.74 Å². The molecule has 3 aliphatic rings. The van der Waals surface area contributed by atoms with Crippen LogP contribution in [-0.2, 0) is 14.4 Å². The molecule has 0 aromatic heterocycles. The minimum atomic E-state index is -0.911. The number of likely N-dealkylation sites (tertiary alicyclic amines) is 1. The summed E-state index contributed by atoms with van der Waals surface area (Å²) in [6, 6.07) is 25.2. The molecular formula is C30H24N2O5. The number of para-hydroxylation sites is 2. The van der Waals surface area contributed by atoms with Crippen molar-refractivity contribution in [2.75, 3.05) is 4.90 Å². The van der Waals surface area contributed by atoms with Crippen LogP contribution in [-0.4, -0.2) is 34.6 Å². The van der Waals surface area contributed by atoms with Crippen LogP contribution in [0.3, 0.4) is 0 Å². The zero-order valence-corrected chi connectivity index (χ0v) is 19.9. The van der Waals surface area contributed by atoms with Crippen molar-refractivity contribution in [1.29, 1.82) is 0 Å². The minimum Gasteiger partial charge on any atom is -0.410 e. The Hall–Kier alpha value is -4.52. The van der Waals surface area contributed by atoms with Crippen molar-refractivity contribution in [2.24, 2.45) is 11.8 Å². The Bertz CT molecular complexity index is 1400. The molecule has 3 aromatic carbocycles. The lowest BCUT2D eigenvalue weighted by molar-refractivity contribution is -0.126. The molecule has 0 bridgehead atoms. The number of hydrogen-bond donors (Lipinski definition) is 0. The molecule has 0 radical (unpaired) electrons. The van der Waals surface area contributed by atoms with Crippen LogP contribution in [0, 0.1) is 11.8 Å². The van der Waals surface area contributed by atoms with Crippen molar-refractivity contribution in [3.05, 3.63) is 108 Å². The van der Waals surface area contributed by atoms with Gasteiger partial charge in [-0.05, 0) is 36.2 Å². The number of amides is 3. The van der Waals surface area contributed by atoms with Gasteiger partial charge in [-0.3, -0.25) is 19.3 Å². The Morgan fingerprint density at radius 1 is 0.784 bits per heavy atom. The number of allylic oxidation sites excluding steroid dienone is 1. The highest BCUT2D eigenvalue weighted by Gasteiger charge is 2.59. The zero-order chi connectivity index (χ0) is 25.5. The zero-order valence-electron chi connectivity index (χ0n) is 19.9. The summed E-state index contributed by atoms with van der Waals surface area (Å²) in [5, 5.41) is 0. The highest BCUT2D eigenvalue weighted by molar-refractivity contribution is 6.23. The van der Waals surface area contributed by atoms with Crippen molar-refractivity contribution < 1.29 is 23.9 Å². The summed E-state index contributed by atoms with van der Waals surface area (Å²) in [5.74, 6) is -2.05. The second-order valence-corrected chi connectivity index (χ2v) is 9.46. The SMILES string of the molecule is O=C1C[C@@H](c2ccccc2)N(C(=O)Oc2ccccc2)[C@H]2C1=CC[C@H]1C(=O)N(c3ccccc3)C(=O)[C@H]12. The first-order valence-electron chi connectivity index (χ1n) is 12.3. The van der Waals surface area contributed by atoms with E-state index < -0.39 is 35.9 Å². The molecule has 3 aromatic rings. The summed E-state index contributed by atoms with van der Waals surface area (Å²) >= 11 is 0. The lowest BCUT2D eigenvalue weighted by Gasteiger charge is -2.46. The second-order valence-electron chi connectivity index (χ2n) is 9.46. The van der Waals surface area contributed by atoms with Crippen molar-refractivity contribution in [2.45, 2.75) is 24.9 Å². The van der Waals surface area contributed by atoms with Gasteiger partial charge in [0, 0.05) is 12.0 Å². The number of benzene rings is 3. The number of rotatable bonds is 3. The lowest BCUT2D eigenvalue weighted by atomic mass is 9.71. The predicted molar refractivity (Wildman–Crippen MR) is 136 cm³/mol. The van der Waals surface area contributed by atoms with Gasteiger partial charge >= 0.3 is 6.09 Å². The number of Topliss-reactive ketones (excluding diaryl/α,β-unsaturated/α-hetero) is 1. The number of ether oxygens (including phenoxy) is 1. The average molecular weight is 493 g/mol. The number of carbonyl (C=O) groups excluding carboxylic acids is 4. The van der Waals surface area contributed by atoms with Crippen LogP contribution in [0.15, 0.2) is 103 Å². The smallest absolute Gasteiger partial charge is 0.410 e. The molecule has 4 atom stereocenters. The number of ketones is 1. The average Bonchev–Trinajstić information content (AvgIpc) is 3.19. The Kier molecular flexibility index (Phi) is 5.68. The molecule has 6 rings (SSSR count). The summed E-state index contributed by atoms with van der Waals surface area (Å²) in [5.41, 5.74) is 1.64. The number of hydrogen-bond acceptors (Lipinski definition) is 5. The Balaban J connectivity index is 1.45. The van der Waals surface area contributed by atoms with Crippen LogP contribution in [0.5, 0.6) is 5.75 Å². The van der Waals surface area contributed by atoms with Gasteiger partial charge in [-0.2, -0.15) is 0 Å². The molecule has 7 nitrogen and oxygen atoms in total. The van der Waals surface area contributed by atoms with Crippen LogP contribution in [0.2, 0.25) is 0 Å². The van der Waals surface area contributed by atoms with Crippen molar-refractivity contribution in [1.82, 2.24) is 4.90 Å². The molecule has 2 aliphatic heterocycles. The molecule has 0 unspecified atom stereocenters. The minimum absolute atomic E-state index is 0.0676. The number of imide groups is 1. The molecular weight excluding hydrogens is 468 g/mol. The van der Waals surface area contributed by atoms with Crippen LogP contribution in [0.1, 0.15) is 24.4 Å². The maximum atomic E-state index is 13.9. The largest absolute Gasteiger partial charge is 0.416 e. The van der Waals surface area contributed by atoms with Crippen molar-refractivity contribution in [3.8, 4) is 5.75 Å². The fraction of sp³-hybridized carbons (Fsp3) is 0.200. The van der Waals surface area contributed by atoms with E-state index in [-0.39, 0.29) is 24.5 Å². The third-order valence-corrected chi connectivity index (χ3v) is 7.42.